The SMILES string of the molecule is CC(C)Cc1cc(C(=O)N2CCN(C(=O)c3ccccc3C(F)(F)F)CC2)n[nH]1. The Morgan fingerprint density at radius 3 is 2.24 bits per heavy atom. The quantitative estimate of drug-likeness (QED) is 0.845. The van der Waals surface area contributed by atoms with Crippen LogP contribution in [-0.4, -0.2) is 58.0 Å². The fourth-order valence-corrected chi connectivity index (χ4v) is 3.38. The predicted molar refractivity (Wildman–Crippen MR) is 100 cm³/mol. The van der Waals surface area contributed by atoms with Gasteiger partial charge < -0.3 is 9.80 Å². The number of benzene rings is 1. The second-order valence-electron chi connectivity index (χ2n) is 7.50. The molecule has 0 radical (unpaired) electrons. The van der Waals surface area contributed by atoms with Gasteiger partial charge in [0.05, 0.1) is 11.1 Å². The molecule has 1 aromatic carbocycles. The number of alkyl halides is 3. The predicted octanol–water partition coefficient (Wildman–Crippen LogP) is 3.23. The van der Waals surface area contributed by atoms with Gasteiger partial charge in [-0.2, -0.15) is 18.3 Å². The van der Waals surface area contributed by atoms with E-state index >= 15 is 0 Å². The molecule has 0 unspecified atom stereocenters. The first-order valence-corrected chi connectivity index (χ1v) is 9.46. The van der Waals surface area contributed by atoms with Crippen LogP contribution in [-0.2, 0) is 12.6 Å². The summed E-state index contributed by atoms with van der Waals surface area (Å²) in [6, 6.07) is 6.48. The summed E-state index contributed by atoms with van der Waals surface area (Å²) >= 11 is 0. The van der Waals surface area contributed by atoms with Gasteiger partial charge in [0.25, 0.3) is 11.8 Å². The molecule has 2 heterocycles. The Morgan fingerprint density at radius 1 is 1.07 bits per heavy atom. The lowest BCUT2D eigenvalue weighted by atomic mass is 10.1. The maximum atomic E-state index is 13.2. The van der Waals surface area contributed by atoms with Crippen molar-refractivity contribution in [2.45, 2.75) is 26.4 Å². The maximum absolute atomic E-state index is 13.2. The van der Waals surface area contributed by atoms with E-state index in [-0.39, 0.29) is 37.6 Å². The minimum absolute atomic E-state index is 0.167. The van der Waals surface area contributed by atoms with E-state index in [1.54, 1.807) is 11.0 Å². The van der Waals surface area contributed by atoms with Gasteiger partial charge >= 0.3 is 6.18 Å². The highest BCUT2D eigenvalue weighted by atomic mass is 19.4. The number of hydrogen-bond acceptors (Lipinski definition) is 3. The van der Waals surface area contributed by atoms with Crippen molar-refractivity contribution >= 4 is 11.8 Å². The Balaban J connectivity index is 1.64. The third-order valence-corrected chi connectivity index (χ3v) is 4.80. The summed E-state index contributed by atoms with van der Waals surface area (Å²) in [6.07, 6.45) is -3.82. The number of H-pyrrole nitrogens is 1. The topological polar surface area (TPSA) is 69.3 Å². The van der Waals surface area contributed by atoms with Crippen molar-refractivity contribution in [3.05, 3.63) is 52.8 Å². The number of carbonyl (C=O) groups is 2. The Hall–Kier alpha value is -2.84. The van der Waals surface area contributed by atoms with Crippen LogP contribution < -0.4 is 0 Å². The Bertz CT molecular complexity index is 884. The van der Waals surface area contributed by atoms with Crippen molar-refractivity contribution in [2.24, 2.45) is 5.92 Å². The summed E-state index contributed by atoms with van der Waals surface area (Å²) in [5, 5.41) is 6.92. The minimum atomic E-state index is -4.60. The molecule has 0 spiro atoms. The van der Waals surface area contributed by atoms with Crippen molar-refractivity contribution < 1.29 is 22.8 Å². The van der Waals surface area contributed by atoms with Gasteiger partial charge in [0, 0.05) is 31.9 Å². The first kappa shape index (κ1) is 20.9. The Morgan fingerprint density at radius 2 is 1.66 bits per heavy atom. The zero-order chi connectivity index (χ0) is 21.2. The second-order valence-corrected chi connectivity index (χ2v) is 7.50. The van der Waals surface area contributed by atoms with E-state index in [1.807, 2.05) is 0 Å². The van der Waals surface area contributed by atoms with Crippen LogP contribution in [0.1, 0.15) is 46.0 Å². The van der Waals surface area contributed by atoms with E-state index in [0.717, 1.165) is 18.2 Å². The second kappa shape index (κ2) is 8.26. The number of aromatic amines is 1. The lowest BCUT2D eigenvalue weighted by Gasteiger charge is -2.34. The van der Waals surface area contributed by atoms with Crippen molar-refractivity contribution in [3.8, 4) is 0 Å². The van der Waals surface area contributed by atoms with Gasteiger partial charge in [-0.05, 0) is 30.5 Å². The molecule has 29 heavy (non-hydrogen) atoms. The first-order chi connectivity index (χ1) is 13.7. The highest BCUT2D eigenvalue weighted by Crippen LogP contribution is 2.32. The number of carbonyl (C=O) groups excluding carboxylic acids is 2. The number of piperazine rings is 1. The molecule has 0 atom stereocenters. The van der Waals surface area contributed by atoms with Crippen LogP contribution in [0.5, 0.6) is 0 Å². The molecule has 2 aromatic rings. The van der Waals surface area contributed by atoms with Crippen LogP contribution in [0, 0.1) is 5.92 Å². The number of nitrogens with zero attached hydrogens (tertiary/aromatic N) is 3. The van der Waals surface area contributed by atoms with E-state index < -0.39 is 17.6 Å². The lowest BCUT2D eigenvalue weighted by molar-refractivity contribution is -0.138. The van der Waals surface area contributed by atoms with Crippen LogP contribution in [0.15, 0.2) is 30.3 Å². The smallest absolute Gasteiger partial charge is 0.335 e. The summed E-state index contributed by atoms with van der Waals surface area (Å²) in [4.78, 5) is 28.2. The average molecular weight is 408 g/mol. The van der Waals surface area contributed by atoms with Gasteiger partial charge in [-0.15, -0.1) is 0 Å². The summed E-state index contributed by atoms with van der Waals surface area (Å²) in [5.74, 6) is -0.504. The summed E-state index contributed by atoms with van der Waals surface area (Å²) in [6.45, 7) is 4.95. The normalized spacial score (nSPS) is 15.1. The van der Waals surface area contributed by atoms with Gasteiger partial charge in [-0.3, -0.25) is 14.7 Å². The Labute approximate surface area is 166 Å². The molecule has 9 heteroatoms. The fraction of sp³-hybridized carbons (Fsp3) is 0.450. The van der Waals surface area contributed by atoms with Crippen molar-refractivity contribution in [3.63, 3.8) is 0 Å². The summed E-state index contributed by atoms with van der Waals surface area (Å²) < 4.78 is 39.5. The van der Waals surface area contributed by atoms with E-state index in [0.29, 0.717) is 11.6 Å². The van der Waals surface area contributed by atoms with E-state index in [1.165, 1.54) is 23.1 Å². The van der Waals surface area contributed by atoms with Gasteiger partial charge in [-0.25, -0.2) is 0 Å². The van der Waals surface area contributed by atoms with E-state index in [2.05, 4.69) is 24.0 Å². The average Bonchev–Trinajstić information content (AvgIpc) is 3.14. The molecule has 1 aliphatic rings. The molecule has 1 N–H and O–H groups in total. The van der Waals surface area contributed by atoms with Crippen molar-refractivity contribution in [1.82, 2.24) is 20.0 Å². The minimum Gasteiger partial charge on any atom is -0.335 e. The molecular weight excluding hydrogens is 385 g/mol. The fourth-order valence-electron chi connectivity index (χ4n) is 3.38. The van der Waals surface area contributed by atoms with Crippen LogP contribution in [0.3, 0.4) is 0 Å². The molecule has 156 valence electrons. The lowest BCUT2D eigenvalue weighted by Crippen LogP contribution is -2.50. The largest absolute Gasteiger partial charge is 0.417 e. The third-order valence-electron chi connectivity index (χ3n) is 4.80. The molecule has 6 nitrogen and oxygen atoms in total. The standard InChI is InChI=1S/C20H23F3N4O2/c1-13(2)11-14-12-17(25-24-14)19(29)27-9-7-26(8-10-27)18(28)15-5-3-4-6-16(15)20(21,22)23/h3-6,12-13H,7-11H2,1-2H3,(H,24,25). The zero-order valence-electron chi connectivity index (χ0n) is 16.3. The number of aromatic nitrogens is 2. The number of halogens is 3. The van der Waals surface area contributed by atoms with Gasteiger partial charge in [0.2, 0.25) is 0 Å². The van der Waals surface area contributed by atoms with Crippen molar-refractivity contribution in [1.29, 1.82) is 0 Å². The molecule has 1 aliphatic heterocycles. The van der Waals surface area contributed by atoms with Gasteiger partial charge in [-0.1, -0.05) is 26.0 Å². The number of nitrogens with one attached hydrogen (secondary N) is 1. The van der Waals surface area contributed by atoms with Gasteiger partial charge in [0.15, 0.2) is 0 Å². The van der Waals surface area contributed by atoms with Gasteiger partial charge in [0.1, 0.15) is 5.69 Å². The molecule has 0 bridgehead atoms. The van der Waals surface area contributed by atoms with Crippen LogP contribution >= 0.6 is 0 Å². The molecule has 0 aliphatic carbocycles. The third kappa shape index (κ3) is 4.78. The highest BCUT2D eigenvalue weighted by Gasteiger charge is 2.36. The molecule has 2 amide bonds. The molecule has 3 rings (SSSR count). The molecule has 0 saturated carbocycles. The van der Waals surface area contributed by atoms with Crippen molar-refractivity contribution in [2.75, 3.05) is 26.2 Å². The van der Waals surface area contributed by atoms with E-state index in [9.17, 15) is 22.8 Å². The molecule has 1 saturated heterocycles. The van der Waals surface area contributed by atoms with E-state index in [4.69, 9.17) is 0 Å². The number of amides is 2. The molecular formula is C20H23F3N4O2. The Kier molecular flexibility index (Phi) is 5.95. The molecule has 1 fully saturated rings. The number of rotatable bonds is 4. The number of hydrogen-bond donors (Lipinski definition) is 1. The van der Waals surface area contributed by atoms with Crippen LogP contribution in [0.4, 0.5) is 13.2 Å². The first-order valence-electron chi connectivity index (χ1n) is 9.46. The molecule has 1 aromatic heterocycles. The zero-order valence-corrected chi connectivity index (χ0v) is 16.3. The maximum Gasteiger partial charge on any atom is 0.417 e. The summed E-state index contributed by atoms with van der Waals surface area (Å²) in [5.41, 5.74) is -0.133. The monoisotopic (exact) mass is 408 g/mol. The summed E-state index contributed by atoms with van der Waals surface area (Å²) in [7, 11) is 0. The highest BCUT2D eigenvalue weighted by molar-refractivity contribution is 5.96. The van der Waals surface area contributed by atoms with Crippen LogP contribution in [0.2, 0.25) is 0 Å². The van der Waals surface area contributed by atoms with Crippen LogP contribution in [0.25, 0.3) is 0 Å².